The van der Waals surface area contributed by atoms with Gasteiger partial charge in [0, 0.05) is 6.42 Å². The number of fused-ring (bicyclic) bond motifs is 5. The van der Waals surface area contributed by atoms with E-state index in [1.807, 2.05) is 6.92 Å². The summed E-state index contributed by atoms with van der Waals surface area (Å²) < 4.78 is 5.14. The van der Waals surface area contributed by atoms with E-state index in [0.29, 0.717) is 42.6 Å². The first-order valence-electron chi connectivity index (χ1n) is 12.7. The highest BCUT2D eigenvalue weighted by Gasteiger charge is 2.63. The minimum absolute atomic E-state index is 0.0212. The molecule has 30 heavy (non-hydrogen) atoms. The lowest BCUT2D eigenvalue weighted by molar-refractivity contribution is -0.175. The van der Waals surface area contributed by atoms with Crippen LogP contribution in [0.1, 0.15) is 91.9 Å². The number of aliphatic hydroxyl groups excluding tert-OH is 2. The fourth-order valence-electron chi connectivity index (χ4n) is 8.94. The Morgan fingerprint density at radius 3 is 2.57 bits per heavy atom. The minimum atomic E-state index is -0.247. The number of ether oxygens (including phenoxy) is 1. The van der Waals surface area contributed by atoms with Crippen LogP contribution in [0.5, 0.6) is 0 Å². The summed E-state index contributed by atoms with van der Waals surface area (Å²) in [5.41, 5.74) is 0.269. The first-order valence-corrected chi connectivity index (χ1v) is 12.7. The molecular formula is C26H44O4. The highest BCUT2D eigenvalue weighted by atomic mass is 16.5. The van der Waals surface area contributed by atoms with Crippen molar-refractivity contribution in [1.82, 2.24) is 0 Å². The Balaban J connectivity index is 1.50. The number of esters is 1. The molecule has 0 aliphatic heterocycles. The Hall–Kier alpha value is -0.610. The fourth-order valence-corrected chi connectivity index (χ4v) is 8.94. The van der Waals surface area contributed by atoms with Crippen molar-refractivity contribution in [3.63, 3.8) is 0 Å². The van der Waals surface area contributed by atoms with Crippen molar-refractivity contribution in [3.8, 4) is 0 Å². The lowest BCUT2D eigenvalue weighted by Crippen LogP contribution is -2.58. The maximum atomic E-state index is 11.9. The molecule has 10 atom stereocenters. The van der Waals surface area contributed by atoms with E-state index in [9.17, 15) is 15.0 Å². The molecule has 0 aromatic rings. The standard InChI is InChI=1S/C26H44O4/c1-5-30-24(29)11-6-16(2)20-9-10-21-19-8-7-17-14-18(27)12-13-25(17,3)22(19)15-23(28)26(20,21)4/h16-23,27-28H,5-15H2,1-4H3/t16-,17-,18-,19+,20-,21-,22+,23+,25-,26-/m1/s1. The maximum absolute atomic E-state index is 11.9. The Labute approximate surface area is 183 Å². The second kappa shape index (κ2) is 8.39. The first kappa shape index (κ1) is 22.6. The minimum Gasteiger partial charge on any atom is -0.466 e. The lowest BCUT2D eigenvalue weighted by Gasteiger charge is -2.62. The third-order valence-corrected chi connectivity index (χ3v) is 10.6. The predicted molar refractivity (Wildman–Crippen MR) is 118 cm³/mol. The van der Waals surface area contributed by atoms with Gasteiger partial charge in [-0.2, -0.15) is 0 Å². The summed E-state index contributed by atoms with van der Waals surface area (Å²) in [6, 6.07) is 0. The predicted octanol–water partition coefficient (Wildman–Crippen LogP) is 4.96. The number of carbonyl (C=O) groups is 1. The highest BCUT2D eigenvalue weighted by Crippen LogP contribution is 2.68. The molecule has 0 unspecified atom stereocenters. The summed E-state index contributed by atoms with van der Waals surface area (Å²) in [5.74, 6) is 3.39. The summed E-state index contributed by atoms with van der Waals surface area (Å²) in [7, 11) is 0. The molecule has 0 heterocycles. The molecule has 4 heteroatoms. The van der Waals surface area contributed by atoms with E-state index in [1.54, 1.807) is 0 Å². The van der Waals surface area contributed by atoms with Crippen LogP contribution in [0.25, 0.3) is 0 Å². The number of hydrogen-bond acceptors (Lipinski definition) is 4. The lowest BCUT2D eigenvalue weighted by atomic mass is 9.43. The van der Waals surface area contributed by atoms with E-state index in [1.165, 1.54) is 25.7 Å². The summed E-state index contributed by atoms with van der Waals surface area (Å²) in [4.78, 5) is 11.9. The zero-order chi connectivity index (χ0) is 21.7. The van der Waals surface area contributed by atoms with Crippen LogP contribution in [0.2, 0.25) is 0 Å². The monoisotopic (exact) mass is 420 g/mol. The van der Waals surface area contributed by atoms with Gasteiger partial charge in [0.05, 0.1) is 18.8 Å². The van der Waals surface area contributed by atoms with E-state index in [4.69, 9.17) is 4.74 Å². The zero-order valence-corrected chi connectivity index (χ0v) is 19.6. The van der Waals surface area contributed by atoms with Crippen molar-refractivity contribution in [3.05, 3.63) is 0 Å². The smallest absolute Gasteiger partial charge is 0.305 e. The van der Waals surface area contributed by atoms with Crippen LogP contribution in [0.3, 0.4) is 0 Å². The van der Waals surface area contributed by atoms with Crippen molar-refractivity contribution >= 4 is 5.97 Å². The van der Waals surface area contributed by atoms with Crippen molar-refractivity contribution in [2.45, 2.75) is 104 Å². The molecular weight excluding hydrogens is 376 g/mol. The largest absolute Gasteiger partial charge is 0.466 e. The van der Waals surface area contributed by atoms with Crippen LogP contribution in [-0.2, 0) is 9.53 Å². The van der Waals surface area contributed by atoms with Crippen LogP contribution in [0.4, 0.5) is 0 Å². The van der Waals surface area contributed by atoms with Crippen LogP contribution in [0, 0.1) is 46.3 Å². The van der Waals surface area contributed by atoms with Crippen LogP contribution < -0.4 is 0 Å². The van der Waals surface area contributed by atoms with Gasteiger partial charge < -0.3 is 14.9 Å². The first-order chi connectivity index (χ1) is 14.2. The topological polar surface area (TPSA) is 66.8 Å². The van der Waals surface area contributed by atoms with Gasteiger partial charge in [-0.05, 0) is 111 Å². The molecule has 0 saturated heterocycles. The molecule has 2 N–H and O–H groups in total. The van der Waals surface area contributed by atoms with Gasteiger partial charge in [0.2, 0.25) is 0 Å². The molecule has 0 aromatic heterocycles. The molecule has 4 rings (SSSR count). The van der Waals surface area contributed by atoms with E-state index < -0.39 is 0 Å². The van der Waals surface area contributed by atoms with Crippen molar-refractivity contribution in [1.29, 1.82) is 0 Å². The van der Waals surface area contributed by atoms with Gasteiger partial charge in [0.1, 0.15) is 0 Å². The second-order valence-corrected chi connectivity index (χ2v) is 11.7. The Morgan fingerprint density at radius 2 is 1.83 bits per heavy atom. The maximum Gasteiger partial charge on any atom is 0.305 e. The third-order valence-electron chi connectivity index (χ3n) is 10.6. The van der Waals surface area contributed by atoms with Gasteiger partial charge in [-0.1, -0.05) is 20.8 Å². The quantitative estimate of drug-likeness (QED) is 0.617. The SMILES string of the molecule is CCOC(=O)CC[C@@H](C)[C@H]1CC[C@@H]2[C@@H]3CC[C@@H]4C[C@H](O)CC[C@@]4(C)[C@H]3C[C@H](O)[C@@]21C. The van der Waals surface area contributed by atoms with Crippen molar-refractivity contribution in [2.24, 2.45) is 46.3 Å². The molecule has 0 radical (unpaired) electrons. The molecule has 4 nitrogen and oxygen atoms in total. The number of aliphatic hydroxyl groups is 2. The van der Waals surface area contributed by atoms with E-state index in [0.717, 1.165) is 38.0 Å². The summed E-state index contributed by atoms with van der Waals surface area (Å²) in [6.45, 7) is 9.45. The van der Waals surface area contributed by atoms with Gasteiger partial charge in [-0.15, -0.1) is 0 Å². The molecule has 4 fully saturated rings. The van der Waals surface area contributed by atoms with Gasteiger partial charge in [-0.3, -0.25) is 4.79 Å². The number of rotatable bonds is 5. The average molecular weight is 421 g/mol. The molecule has 0 amide bonds. The van der Waals surface area contributed by atoms with E-state index in [2.05, 4.69) is 20.8 Å². The Kier molecular flexibility index (Phi) is 6.31. The van der Waals surface area contributed by atoms with E-state index in [-0.39, 0.29) is 29.0 Å². The summed E-state index contributed by atoms with van der Waals surface area (Å²) >= 11 is 0. The van der Waals surface area contributed by atoms with Gasteiger partial charge >= 0.3 is 5.97 Å². The Morgan fingerprint density at radius 1 is 1.07 bits per heavy atom. The molecule has 0 bridgehead atoms. The fraction of sp³-hybridized carbons (Fsp3) is 0.962. The molecule has 4 saturated carbocycles. The molecule has 0 aromatic carbocycles. The van der Waals surface area contributed by atoms with Crippen LogP contribution >= 0.6 is 0 Å². The molecule has 4 aliphatic rings. The number of hydrogen-bond donors (Lipinski definition) is 2. The third kappa shape index (κ3) is 3.54. The zero-order valence-electron chi connectivity index (χ0n) is 19.6. The second-order valence-electron chi connectivity index (χ2n) is 11.7. The van der Waals surface area contributed by atoms with Gasteiger partial charge in [0.15, 0.2) is 0 Å². The molecule has 0 spiro atoms. The van der Waals surface area contributed by atoms with Crippen LogP contribution in [-0.4, -0.2) is 35.0 Å². The van der Waals surface area contributed by atoms with Crippen molar-refractivity contribution in [2.75, 3.05) is 6.61 Å². The van der Waals surface area contributed by atoms with Gasteiger partial charge in [0.25, 0.3) is 0 Å². The average Bonchev–Trinajstić information content (AvgIpc) is 3.07. The molecule has 172 valence electrons. The summed E-state index contributed by atoms with van der Waals surface area (Å²) in [5, 5.41) is 21.8. The van der Waals surface area contributed by atoms with Crippen LogP contribution in [0.15, 0.2) is 0 Å². The van der Waals surface area contributed by atoms with Crippen molar-refractivity contribution < 1.29 is 19.7 Å². The highest BCUT2D eigenvalue weighted by molar-refractivity contribution is 5.69. The number of carbonyl (C=O) groups excluding carboxylic acids is 1. The van der Waals surface area contributed by atoms with Gasteiger partial charge in [-0.25, -0.2) is 0 Å². The molecule has 4 aliphatic carbocycles. The summed E-state index contributed by atoms with van der Waals surface area (Å²) in [6.07, 6.45) is 9.88. The van der Waals surface area contributed by atoms with E-state index >= 15 is 0 Å². The normalized spacial score (nSPS) is 48.9. The Bertz CT molecular complexity index is 635.